The van der Waals surface area contributed by atoms with Crippen LogP contribution in [-0.4, -0.2) is 32.4 Å². The summed E-state index contributed by atoms with van der Waals surface area (Å²) in [5.74, 6) is -4.85. The van der Waals surface area contributed by atoms with E-state index in [1.54, 1.807) is 13.0 Å². The summed E-state index contributed by atoms with van der Waals surface area (Å²) in [5.41, 5.74) is 1.05. The number of hydrogen-bond donors (Lipinski definition) is 3. The molecule has 0 radical (unpaired) electrons. The normalized spacial score (nSPS) is 13.5. The molecule has 3 rings (SSSR count). The van der Waals surface area contributed by atoms with Crippen LogP contribution in [-0.2, 0) is 5.92 Å². The first kappa shape index (κ1) is 21.5. The van der Waals surface area contributed by atoms with Gasteiger partial charge in [0.1, 0.15) is 5.82 Å². The van der Waals surface area contributed by atoms with Crippen molar-refractivity contribution in [1.29, 1.82) is 0 Å². The minimum absolute atomic E-state index is 0.0920. The number of H-pyrrole nitrogens is 1. The fraction of sp³-hybridized carbons (Fsp3) is 0.286. The molecule has 0 saturated carbocycles. The maximum Gasteiger partial charge on any atom is 0.460 e. The highest BCUT2D eigenvalue weighted by Gasteiger charge is 2.61. The van der Waals surface area contributed by atoms with Crippen molar-refractivity contribution in [3.05, 3.63) is 33.0 Å². The highest BCUT2D eigenvalue weighted by Crippen LogP contribution is 2.45. The van der Waals surface area contributed by atoms with E-state index >= 15 is 0 Å². The number of nitrogens with zero attached hydrogens (tertiary/aromatic N) is 3. The molecule has 0 aliphatic rings. The summed E-state index contributed by atoms with van der Waals surface area (Å²) in [6.45, 7) is 1.56. The molecule has 0 spiro atoms. The third-order valence-electron chi connectivity index (χ3n) is 3.57. The number of carbonyl (C=O) groups is 1. The highest BCUT2D eigenvalue weighted by atomic mass is 35.5. The van der Waals surface area contributed by atoms with Gasteiger partial charge < -0.3 is 10.3 Å². The fourth-order valence-electron chi connectivity index (χ4n) is 2.15. The number of carbonyl (C=O) groups excluding carboxylic acids is 1. The molecule has 2 amide bonds. The average molecular weight is 475 g/mol. The van der Waals surface area contributed by atoms with Crippen LogP contribution >= 0.6 is 34.5 Å². The number of alkyl halides is 5. The number of fused-ring (bicyclic) bond motifs is 1. The van der Waals surface area contributed by atoms with E-state index in [4.69, 9.17) is 23.2 Å². The topological polar surface area (TPSA) is 95.6 Å². The lowest BCUT2D eigenvalue weighted by atomic mass is 10.3. The number of benzene rings is 1. The van der Waals surface area contributed by atoms with Gasteiger partial charge >= 0.3 is 18.1 Å². The van der Waals surface area contributed by atoms with Gasteiger partial charge in [-0.2, -0.15) is 22.0 Å². The zero-order chi connectivity index (χ0) is 21.6. The maximum atomic E-state index is 13.2. The Kier molecular flexibility index (Phi) is 5.58. The summed E-state index contributed by atoms with van der Waals surface area (Å²) in [6, 6.07) is 1.47. The monoisotopic (exact) mass is 474 g/mol. The van der Waals surface area contributed by atoms with E-state index in [1.807, 2.05) is 5.32 Å². The van der Waals surface area contributed by atoms with Gasteiger partial charge in [0.2, 0.25) is 5.13 Å². The van der Waals surface area contributed by atoms with E-state index in [1.165, 1.54) is 6.07 Å². The van der Waals surface area contributed by atoms with Gasteiger partial charge in [0.05, 0.1) is 27.1 Å². The summed E-state index contributed by atoms with van der Waals surface area (Å²) < 4.78 is 63.5. The Bertz CT molecular complexity index is 1030. The smallest absolute Gasteiger partial charge is 0.340 e. The molecule has 1 atom stereocenters. The van der Waals surface area contributed by atoms with Gasteiger partial charge in [0.25, 0.3) is 0 Å². The minimum atomic E-state index is -5.83. The standard InChI is InChI=1S/C14H9Cl2F5N6OS/c1-4(9-23-7-2-5(15)6(16)3-8(7)24-9)22-11(28)25-12-27-26-10(29-12)13(17,18)14(19,20)21/h2-4H,1H3,(H,23,24)(H2,22,25,27,28). The number of urea groups is 1. The van der Waals surface area contributed by atoms with Crippen LogP contribution in [0.25, 0.3) is 11.0 Å². The van der Waals surface area contributed by atoms with E-state index in [-0.39, 0.29) is 11.3 Å². The number of halogens is 7. The van der Waals surface area contributed by atoms with E-state index in [2.05, 4.69) is 25.5 Å². The van der Waals surface area contributed by atoms with Gasteiger partial charge in [0, 0.05) is 0 Å². The first-order valence-corrected chi connectivity index (χ1v) is 9.16. The Morgan fingerprint density at radius 2 is 1.83 bits per heavy atom. The number of nitrogens with one attached hydrogen (secondary N) is 3. The van der Waals surface area contributed by atoms with Crippen LogP contribution in [0.1, 0.15) is 23.8 Å². The number of aromatic nitrogens is 4. The highest BCUT2D eigenvalue weighted by molar-refractivity contribution is 7.15. The molecule has 2 aromatic heterocycles. The molecule has 29 heavy (non-hydrogen) atoms. The number of aromatic amines is 1. The molecule has 1 aromatic carbocycles. The van der Waals surface area contributed by atoms with Gasteiger partial charge in [-0.3, -0.25) is 5.32 Å². The van der Waals surface area contributed by atoms with Crippen LogP contribution in [0.3, 0.4) is 0 Å². The molecular formula is C14H9Cl2F5N6OS. The Hall–Kier alpha value is -2.25. The van der Waals surface area contributed by atoms with Crippen LogP contribution in [0.5, 0.6) is 0 Å². The molecule has 3 aromatic rings. The molecular weight excluding hydrogens is 466 g/mol. The van der Waals surface area contributed by atoms with E-state index in [0.717, 1.165) is 0 Å². The zero-order valence-electron chi connectivity index (χ0n) is 14.0. The third-order valence-corrected chi connectivity index (χ3v) is 5.20. The van der Waals surface area contributed by atoms with Gasteiger partial charge in [-0.25, -0.2) is 9.78 Å². The summed E-state index contributed by atoms with van der Waals surface area (Å²) in [4.78, 5) is 19.2. The van der Waals surface area contributed by atoms with Crippen molar-refractivity contribution < 1.29 is 26.7 Å². The Labute approximate surface area is 172 Å². The van der Waals surface area contributed by atoms with Crippen LogP contribution < -0.4 is 10.6 Å². The fourth-order valence-corrected chi connectivity index (χ4v) is 3.21. The lowest BCUT2D eigenvalue weighted by Crippen LogP contribution is -2.33. The summed E-state index contributed by atoms with van der Waals surface area (Å²) >= 11 is 11.7. The zero-order valence-corrected chi connectivity index (χ0v) is 16.4. The van der Waals surface area contributed by atoms with Crippen molar-refractivity contribution in [3.63, 3.8) is 0 Å². The SMILES string of the molecule is CC(NC(=O)Nc1nnc(C(F)(F)C(F)(F)F)s1)c1nc2cc(Cl)c(Cl)cc2[nH]1. The molecule has 0 aliphatic heterocycles. The minimum Gasteiger partial charge on any atom is -0.340 e. The predicted octanol–water partition coefficient (Wildman–Crippen LogP) is 5.26. The predicted molar refractivity (Wildman–Crippen MR) is 96.5 cm³/mol. The summed E-state index contributed by atoms with van der Waals surface area (Å²) in [5, 5.41) is 8.89. The number of imidazole rings is 1. The number of rotatable bonds is 4. The largest absolute Gasteiger partial charge is 0.460 e. The van der Waals surface area contributed by atoms with E-state index < -0.39 is 34.3 Å². The van der Waals surface area contributed by atoms with Gasteiger partial charge in [-0.15, -0.1) is 10.2 Å². The lowest BCUT2D eigenvalue weighted by molar-refractivity contribution is -0.289. The van der Waals surface area contributed by atoms with Gasteiger partial charge in [-0.1, -0.05) is 34.5 Å². The van der Waals surface area contributed by atoms with E-state index in [9.17, 15) is 26.7 Å². The molecule has 15 heteroatoms. The van der Waals surface area contributed by atoms with Crippen molar-refractivity contribution in [1.82, 2.24) is 25.5 Å². The van der Waals surface area contributed by atoms with Crippen molar-refractivity contribution in [2.24, 2.45) is 0 Å². The first-order chi connectivity index (χ1) is 13.4. The maximum absolute atomic E-state index is 13.2. The Morgan fingerprint density at radius 1 is 1.17 bits per heavy atom. The summed E-state index contributed by atoms with van der Waals surface area (Å²) in [6.07, 6.45) is -5.83. The van der Waals surface area contributed by atoms with Crippen LogP contribution in [0.4, 0.5) is 31.9 Å². The van der Waals surface area contributed by atoms with Gasteiger partial charge in [-0.05, 0) is 19.1 Å². The second-order valence-corrected chi connectivity index (χ2v) is 7.50. The van der Waals surface area contributed by atoms with Crippen molar-refractivity contribution in [2.45, 2.75) is 25.1 Å². The third kappa shape index (κ3) is 4.36. The molecule has 2 heterocycles. The molecule has 7 nitrogen and oxygen atoms in total. The number of anilines is 1. The van der Waals surface area contributed by atoms with Crippen LogP contribution in [0, 0.1) is 0 Å². The molecule has 0 saturated heterocycles. The number of amides is 2. The van der Waals surface area contributed by atoms with Crippen molar-refractivity contribution in [2.75, 3.05) is 5.32 Å². The molecule has 0 fully saturated rings. The Balaban J connectivity index is 1.68. The van der Waals surface area contributed by atoms with Gasteiger partial charge in [0.15, 0.2) is 5.01 Å². The van der Waals surface area contributed by atoms with Crippen LogP contribution in [0.15, 0.2) is 12.1 Å². The molecule has 0 aliphatic carbocycles. The second-order valence-electron chi connectivity index (χ2n) is 5.71. The summed E-state index contributed by atoms with van der Waals surface area (Å²) in [7, 11) is 0. The van der Waals surface area contributed by atoms with Crippen molar-refractivity contribution >= 4 is 56.7 Å². The molecule has 156 valence electrons. The van der Waals surface area contributed by atoms with Crippen molar-refractivity contribution in [3.8, 4) is 0 Å². The quantitative estimate of drug-likeness (QED) is 0.449. The lowest BCUT2D eigenvalue weighted by Gasteiger charge is -2.15. The second kappa shape index (κ2) is 7.54. The van der Waals surface area contributed by atoms with Crippen LogP contribution in [0.2, 0.25) is 10.0 Å². The number of hydrogen-bond acceptors (Lipinski definition) is 5. The van der Waals surface area contributed by atoms with E-state index in [0.29, 0.717) is 26.9 Å². The molecule has 3 N–H and O–H groups in total. The first-order valence-electron chi connectivity index (χ1n) is 7.59. The Morgan fingerprint density at radius 3 is 2.48 bits per heavy atom. The molecule has 1 unspecified atom stereocenters. The average Bonchev–Trinajstić information content (AvgIpc) is 3.21. The molecule has 0 bridgehead atoms.